The Bertz CT molecular complexity index is 202. The van der Waals surface area contributed by atoms with Crippen LogP contribution in [0.2, 0.25) is 0 Å². The molecule has 82 valence electrons. The topological polar surface area (TPSA) is 69.9 Å². The molecule has 0 aromatic heterocycles. The molecule has 0 saturated heterocycles. The third-order valence-corrected chi connectivity index (χ3v) is 2.41. The van der Waals surface area contributed by atoms with Crippen molar-refractivity contribution in [2.24, 2.45) is 0 Å². The first-order valence-electron chi connectivity index (χ1n) is 5.00. The van der Waals surface area contributed by atoms with Gasteiger partial charge in [0.2, 0.25) is 0 Å². The molecule has 0 aromatic rings. The number of unbranched alkanes of at least 4 members (excludes halogenated alkanes) is 1. The molecule has 2 unspecified atom stereocenters. The average molecular weight is 202 g/mol. The van der Waals surface area contributed by atoms with Crippen molar-refractivity contribution in [3.8, 4) is 0 Å². The van der Waals surface area contributed by atoms with E-state index >= 15 is 0 Å². The quantitative estimate of drug-likeness (QED) is 0.427. The first kappa shape index (κ1) is 11.7. The molecule has 1 rings (SSSR count). The van der Waals surface area contributed by atoms with Crippen molar-refractivity contribution in [1.82, 2.24) is 0 Å². The smallest absolute Gasteiger partial charge is 0.113 e. The predicted octanol–water partition coefficient (Wildman–Crippen LogP) is -0.174. The van der Waals surface area contributed by atoms with E-state index < -0.39 is 18.3 Å². The lowest BCUT2D eigenvalue weighted by Crippen LogP contribution is -2.33. The van der Waals surface area contributed by atoms with Crippen LogP contribution in [0.25, 0.3) is 0 Å². The molecule has 1 aliphatic rings. The summed E-state index contributed by atoms with van der Waals surface area (Å²) in [4.78, 5) is 0. The first-order valence-corrected chi connectivity index (χ1v) is 5.00. The Morgan fingerprint density at radius 3 is 2.64 bits per heavy atom. The van der Waals surface area contributed by atoms with Gasteiger partial charge in [0.25, 0.3) is 0 Å². The highest BCUT2D eigenvalue weighted by molar-refractivity contribution is 5.22. The summed E-state index contributed by atoms with van der Waals surface area (Å²) >= 11 is 0. The fraction of sp³-hybridized carbons (Fsp3) is 0.800. The fourth-order valence-corrected chi connectivity index (χ4v) is 1.46. The SMILES string of the molecule is CCCCO[C@@H]1C=C(CO)C(O)C1O. The predicted molar refractivity (Wildman–Crippen MR) is 51.8 cm³/mol. The van der Waals surface area contributed by atoms with Crippen LogP contribution < -0.4 is 0 Å². The molecule has 1 aliphatic carbocycles. The molecule has 0 bridgehead atoms. The Morgan fingerprint density at radius 2 is 2.14 bits per heavy atom. The van der Waals surface area contributed by atoms with Gasteiger partial charge in [0.05, 0.1) is 6.61 Å². The molecule has 3 atom stereocenters. The number of rotatable bonds is 5. The highest BCUT2D eigenvalue weighted by Crippen LogP contribution is 2.22. The van der Waals surface area contributed by atoms with E-state index in [0.29, 0.717) is 12.2 Å². The van der Waals surface area contributed by atoms with E-state index in [1.54, 1.807) is 6.08 Å². The third-order valence-electron chi connectivity index (χ3n) is 2.41. The molecule has 0 heterocycles. The first-order chi connectivity index (χ1) is 6.70. The minimum absolute atomic E-state index is 0.230. The van der Waals surface area contributed by atoms with Gasteiger partial charge in [-0.15, -0.1) is 0 Å². The fourth-order valence-electron chi connectivity index (χ4n) is 1.46. The maximum Gasteiger partial charge on any atom is 0.113 e. The largest absolute Gasteiger partial charge is 0.392 e. The molecule has 14 heavy (non-hydrogen) atoms. The molecule has 0 saturated carbocycles. The summed E-state index contributed by atoms with van der Waals surface area (Å²) in [5, 5.41) is 27.8. The van der Waals surface area contributed by atoms with Gasteiger partial charge in [0, 0.05) is 6.61 Å². The highest BCUT2D eigenvalue weighted by Gasteiger charge is 2.34. The standard InChI is InChI=1S/C10H18O4/c1-2-3-4-14-8-5-7(6-11)9(12)10(8)13/h5,8-13H,2-4,6H2,1H3/t8-,9?,10?/m1/s1. The molecule has 0 aliphatic heterocycles. The van der Waals surface area contributed by atoms with Crippen molar-refractivity contribution in [1.29, 1.82) is 0 Å². The normalized spacial score (nSPS) is 32.0. The van der Waals surface area contributed by atoms with Crippen molar-refractivity contribution in [3.05, 3.63) is 11.6 Å². The molecule has 0 fully saturated rings. The second-order valence-electron chi connectivity index (χ2n) is 3.52. The molecular formula is C10H18O4. The molecule has 0 spiro atoms. The van der Waals surface area contributed by atoms with E-state index in [4.69, 9.17) is 9.84 Å². The number of hydrogen-bond donors (Lipinski definition) is 3. The lowest BCUT2D eigenvalue weighted by molar-refractivity contribution is -0.0466. The highest BCUT2D eigenvalue weighted by atomic mass is 16.5. The van der Waals surface area contributed by atoms with Crippen molar-refractivity contribution < 1.29 is 20.1 Å². The number of aliphatic hydroxyl groups is 3. The Balaban J connectivity index is 2.42. The van der Waals surface area contributed by atoms with Crippen LogP contribution in [0.5, 0.6) is 0 Å². The van der Waals surface area contributed by atoms with Crippen LogP contribution in [-0.4, -0.2) is 46.8 Å². The molecule has 0 aromatic carbocycles. The Labute approximate surface area is 83.8 Å². The maximum atomic E-state index is 9.52. The van der Waals surface area contributed by atoms with Gasteiger partial charge in [-0.1, -0.05) is 13.3 Å². The van der Waals surface area contributed by atoms with Gasteiger partial charge in [0.15, 0.2) is 0 Å². The van der Waals surface area contributed by atoms with Crippen LogP contribution >= 0.6 is 0 Å². The van der Waals surface area contributed by atoms with E-state index in [1.165, 1.54) is 0 Å². The van der Waals surface area contributed by atoms with Crippen LogP contribution in [0.15, 0.2) is 11.6 Å². The van der Waals surface area contributed by atoms with Crippen molar-refractivity contribution >= 4 is 0 Å². The molecule has 4 heteroatoms. The summed E-state index contributed by atoms with van der Waals surface area (Å²) in [5.74, 6) is 0. The average Bonchev–Trinajstić information content (AvgIpc) is 2.46. The zero-order valence-electron chi connectivity index (χ0n) is 8.39. The van der Waals surface area contributed by atoms with E-state index in [9.17, 15) is 10.2 Å². The summed E-state index contributed by atoms with van der Waals surface area (Å²) in [5.41, 5.74) is 0.444. The zero-order chi connectivity index (χ0) is 10.6. The molecule has 4 nitrogen and oxygen atoms in total. The van der Waals surface area contributed by atoms with Crippen LogP contribution in [0, 0.1) is 0 Å². The van der Waals surface area contributed by atoms with Gasteiger partial charge in [0.1, 0.15) is 18.3 Å². The lowest BCUT2D eigenvalue weighted by atomic mass is 10.1. The van der Waals surface area contributed by atoms with Gasteiger partial charge >= 0.3 is 0 Å². The second kappa shape index (κ2) is 5.46. The van der Waals surface area contributed by atoms with Crippen LogP contribution in [0.1, 0.15) is 19.8 Å². The number of hydrogen-bond acceptors (Lipinski definition) is 4. The van der Waals surface area contributed by atoms with Crippen LogP contribution in [0.4, 0.5) is 0 Å². The lowest BCUT2D eigenvalue weighted by Gasteiger charge is -2.17. The van der Waals surface area contributed by atoms with Crippen LogP contribution in [-0.2, 0) is 4.74 Å². The minimum atomic E-state index is -0.980. The number of aliphatic hydroxyl groups excluding tert-OH is 3. The molecule has 0 radical (unpaired) electrons. The Morgan fingerprint density at radius 1 is 1.43 bits per heavy atom. The minimum Gasteiger partial charge on any atom is -0.392 e. The number of ether oxygens (including phenoxy) is 1. The summed E-state index contributed by atoms with van der Waals surface area (Å²) in [6.07, 6.45) is 1.17. The third kappa shape index (κ3) is 2.54. The van der Waals surface area contributed by atoms with Gasteiger partial charge in [-0.05, 0) is 18.1 Å². The summed E-state index contributed by atoms with van der Waals surface area (Å²) in [7, 11) is 0. The molecule has 0 amide bonds. The van der Waals surface area contributed by atoms with Crippen molar-refractivity contribution in [2.75, 3.05) is 13.2 Å². The van der Waals surface area contributed by atoms with E-state index in [-0.39, 0.29) is 6.61 Å². The molecular weight excluding hydrogens is 184 g/mol. The van der Waals surface area contributed by atoms with E-state index in [2.05, 4.69) is 6.92 Å². The summed E-state index contributed by atoms with van der Waals surface area (Å²) in [6, 6.07) is 0. The van der Waals surface area contributed by atoms with Crippen molar-refractivity contribution in [2.45, 2.75) is 38.1 Å². The van der Waals surface area contributed by atoms with E-state index in [0.717, 1.165) is 12.8 Å². The van der Waals surface area contributed by atoms with Crippen molar-refractivity contribution in [3.63, 3.8) is 0 Å². The summed E-state index contributed by atoms with van der Waals surface area (Å²) in [6.45, 7) is 2.39. The summed E-state index contributed by atoms with van der Waals surface area (Å²) < 4.78 is 5.36. The van der Waals surface area contributed by atoms with Gasteiger partial charge in [-0.2, -0.15) is 0 Å². The van der Waals surface area contributed by atoms with E-state index in [1.807, 2.05) is 0 Å². The Kier molecular flexibility index (Phi) is 4.54. The van der Waals surface area contributed by atoms with Gasteiger partial charge in [-0.25, -0.2) is 0 Å². The zero-order valence-corrected chi connectivity index (χ0v) is 8.39. The Hall–Kier alpha value is -0.420. The second-order valence-corrected chi connectivity index (χ2v) is 3.52. The maximum absolute atomic E-state index is 9.52. The molecule has 3 N–H and O–H groups in total. The monoisotopic (exact) mass is 202 g/mol. The van der Waals surface area contributed by atoms with Crippen LogP contribution in [0.3, 0.4) is 0 Å². The van der Waals surface area contributed by atoms with Gasteiger partial charge < -0.3 is 20.1 Å². The van der Waals surface area contributed by atoms with Gasteiger partial charge in [-0.3, -0.25) is 0 Å².